The van der Waals surface area contributed by atoms with E-state index in [-0.39, 0.29) is 11.3 Å². The van der Waals surface area contributed by atoms with Gasteiger partial charge in [0.2, 0.25) is 5.13 Å². The first kappa shape index (κ1) is 22.9. The minimum atomic E-state index is -0.870. The summed E-state index contributed by atoms with van der Waals surface area (Å²) in [6, 6.07) is 19.7. The molecule has 0 aliphatic carbocycles. The molecule has 2 aromatic carbocycles. The number of nitrogens with zero attached hydrogens (tertiary/aromatic N) is 4. The first-order valence-electron chi connectivity index (χ1n) is 10.8. The number of aliphatic hydroxyl groups is 1. The van der Waals surface area contributed by atoms with Crippen LogP contribution in [0.15, 0.2) is 89.0 Å². The molecular weight excluding hydrogens is 480 g/mol. The van der Waals surface area contributed by atoms with E-state index in [1.165, 1.54) is 28.0 Å². The highest BCUT2D eigenvalue weighted by Crippen LogP contribution is 2.43. The molecule has 0 radical (unpaired) electrons. The van der Waals surface area contributed by atoms with E-state index in [1.807, 2.05) is 49.4 Å². The predicted octanol–water partition coefficient (Wildman–Crippen LogP) is 5.16. The number of benzene rings is 2. The molecule has 9 heteroatoms. The quantitative estimate of drug-likeness (QED) is 0.128. The minimum Gasteiger partial charge on any atom is -0.507 e. The fourth-order valence-corrected chi connectivity index (χ4v) is 5.65. The van der Waals surface area contributed by atoms with Crippen molar-refractivity contribution in [3.8, 4) is 0 Å². The standard InChI is InChI=1S/C26H20N4O3S2/c1-16-9-11-18(12-10-16)22(31)20-21(19-8-5-13-27-14-19)30(24(33)23(20)32)25-28-29-26(35-25)34-15-17-6-3-2-4-7-17/h2-14,21,31H,15H2,1H3/b22-20+/t21-/m0/s1. The molecule has 1 aliphatic heterocycles. The fourth-order valence-electron chi connectivity index (χ4n) is 3.83. The lowest BCUT2D eigenvalue weighted by Crippen LogP contribution is -2.29. The third-order valence-electron chi connectivity index (χ3n) is 5.58. The Morgan fingerprint density at radius 3 is 2.51 bits per heavy atom. The smallest absolute Gasteiger partial charge is 0.301 e. The first-order valence-corrected chi connectivity index (χ1v) is 12.6. The topological polar surface area (TPSA) is 96.3 Å². The van der Waals surface area contributed by atoms with Gasteiger partial charge in [0.05, 0.1) is 11.6 Å². The number of carbonyl (C=O) groups is 2. The molecule has 1 aliphatic rings. The molecule has 0 unspecified atom stereocenters. The molecule has 5 rings (SSSR count). The van der Waals surface area contributed by atoms with Crippen molar-refractivity contribution in [3.63, 3.8) is 0 Å². The average Bonchev–Trinajstić information content (AvgIpc) is 3.46. The monoisotopic (exact) mass is 500 g/mol. The van der Waals surface area contributed by atoms with E-state index >= 15 is 0 Å². The highest BCUT2D eigenvalue weighted by Gasteiger charge is 2.48. The number of pyridine rings is 1. The summed E-state index contributed by atoms with van der Waals surface area (Å²) in [6.45, 7) is 1.93. The SMILES string of the molecule is Cc1ccc(/C(O)=C2\C(=O)C(=O)N(c3nnc(SCc4ccccc4)s3)[C@H]2c2cccnc2)cc1. The number of ketones is 1. The van der Waals surface area contributed by atoms with Crippen molar-refractivity contribution in [1.29, 1.82) is 0 Å². The van der Waals surface area contributed by atoms with Crippen molar-refractivity contribution in [1.82, 2.24) is 15.2 Å². The summed E-state index contributed by atoms with van der Waals surface area (Å²) in [5, 5.41) is 19.9. The Morgan fingerprint density at radius 2 is 1.80 bits per heavy atom. The number of thioether (sulfide) groups is 1. The highest BCUT2D eigenvalue weighted by atomic mass is 32.2. The molecule has 7 nitrogen and oxygen atoms in total. The van der Waals surface area contributed by atoms with Crippen molar-refractivity contribution in [2.24, 2.45) is 0 Å². The minimum absolute atomic E-state index is 0.000502. The zero-order chi connectivity index (χ0) is 24.4. The van der Waals surface area contributed by atoms with Crippen molar-refractivity contribution in [2.75, 3.05) is 4.90 Å². The summed E-state index contributed by atoms with van der Waals surface area (Å²) in [6.07, 6.45) is 3.19. The Hall–Kier alpha value is -3.82. The molecule has 4 aromatic rings. The average molecular weight is 501 g/mol. The van der Waals surface area contributed by atoms with Crippen LogP contribution in [0.25, 0.3) is 5.76 Å². The molecule has 0 spiro atoms. The number of aryl methyl sites for hydroxylation is 1. The summed E-state index contributed by atoms with van der Waals surface area (Å²) in [4.78, 5) is 31.9. The van der Waals surface area contributed by atoms with Crippen LogP contribution >= 0.6 is 23.1 Å². The Balaban J connectivity index is 1.53. The lowest BCUT2D eigenvalue weighted by molar-refractivity contribution is -0.132. The molecule has 35 heavy (non-hydrogen) atoms. The Labute approximate surface area is 210 Å². The van der Waals surface area contributed by atoms with Gasteiger partial charge in [-0.15, -0.1) is 10.2 Å². The van der Waals surface area contributed by atoms with E-state index < -0.39 is 17.7 Å². The Morgan fingerprint density at radius 1 is 1.03 bits per heavy atom. The van der Waals surface area contributed by atoms with Crippen LogP contribution in [-0.4, -0.2) is 32.0 Å². The van der Waals surface area contributed by atoms with Gasteiger partial charge in [-0.1, -0.05) is 89.3 Å². The number of aliphatic hydroxyl groups excluding tert-OH is 1. The van der Waals surface area contributed by atoms with E-state index in [0.717, 1.165) is 11.1 Å². The largest absolute Gasteiger partial charge is 0.507 e. The van der Waals surface area contributed by atoms with Gasteiger partial charge in [-0.2, -0.15) is 0 Å². The highest BCUT2D eigenvalue weighted by molar-refractivity contribution is 8.00. The number of amides is 1. The summed E-state index contributed by atoms with van der Waals surface area (Å²) in [5.41, 5.74) is 3.21. The summed E-state index contributed by atoms with van der Waals surface area (Å²) in [7, 11) is 0. The third-order valence-corrected chi connectivity index (χ3v) is 7.70. The first-order chi connectivity index (χ1) is 17.0. The normalized spacial score (nSPS) is 17.2. The van der Waals surface area contributed by atoms with Gasteiger partial charge in [0, 0.05) is 23.7 Å². The molecule has 1 fully saturated rings. The van der Waals surface area contributed by atoms with Crippen LogP contribution in [0.1, 0.15) is 28.3 Å². The zero-order valence-electron chi connectivity index (χ0n) is 18.7. The molecule has 1 saturated heterocycles. The second kappa shape index (κ2) is 9.81. The van der Waals surface area contributed by atoms with Crippen molar-refractivity contribution >= 4 is 45.7 Å². The number of aromatic nitrogens is 3. The summed E-state index contributed by atoms with van der Waals surface area (Å²) in [5.74, 6) is -1.06. The van der Waals surface area contributed by atoms with Crippen molar-refractivity contribution in [2.45, 2.75) is 23.1 Å². The Bertz CT molecular complexity index is 1400. The van der Waals surface area contributed by atoms with Gasteiger partial charge in [0.1, 0.15) is 5.76 Å². The molecule has 1 N–H and O–H groups in total. The van der Waals surface area contributed by atoms with Crippen LogP contribution in [0, 0.1) is 6.92 Å². The van der Waals surface area contributed by atoms with E-state index in [1.54, 1.807) is 36.7 Å². The van der Waals surface area contributed by atoms with Crippen LogP contribution in [0.2, 0.25) is 0 Å². The molecule has 0 saturated carbocycles. The van der Waals surface area contributed by atoms with Gasteiger partial charge in [-0.05, 0) is 24.1 Å². The number of rotatable bonds is 6. The fraction of sp³-hybridized carbons (Fsp3) is 0.115. The summed E-state index contributed by atoms with van der Waals surface area (Å²) >= 11 is 2.74. The third kappa shape index (κ3) is 4.60. The number of hydrogen-bond acceptors (Lipinski definition) is 8. The van der Waals surface area contributed by atoms with E-state index in [9.17, 15) is 14.7 Å². The molecule has 0 bridgehead atoms. The lowest BCUT2D eigenvalue weighted by Gasteiger charge is -2.22. The van der Waals surface area contributed by atoms with Gasteiger partial charge < -0.3 is 5.11 Å². The van der Waals surface area contributed by atoms with Crippen LogP contribution < -0.4 is 4.90 Å². The van der Waals surface area contributed by atoms with Crippen LogP contribution in [0.5, 0.6) is 0 Å². The number of Topliss-reactive ketones (excluding diaryl/α,β-unsaturated/α-hetero) is 1. The summed E-state index contributed by atoms with van der Waals surface area (Å²) < 4.78 is 0.675. The van der Waals surface area contributed by atoms with E-state index in [0.29, 0.717) is 26.4 Å². The van der Waals surface area contributed by atoms with Crippen molar-refractivity contribution in [3.05, 3.63) is 107 Å². The molecule has 1 atom stereocenters. The molecule has 174 valence electrons. The molecule has 2 aromatic heterocycles. The van der Waals surface area contributed by atoms with Gasteiger partial charge in [0.25, 0.3) is 5.78 Å². The van der Waals surface area contributed by atoms with Crippen molar-refractivity contribution < 1.29 is 14.7 Å². The predicted molar refractivity (Wildman–Crippen MR) is 136 cm³/mol. The van der Waals surface area contributed by atoms with Gasteiger partial charge >= 0.3 is 5.91 Å². The lowest BCUT2D eigenvalue weighted by atomic mass is 9.96. The Kier molecular flexibility index (Phi) is 6.43. The number of carbonyl (C=O) groups excluding carboxylic acids is 2. The second-order valence-electron chi connectivity index (χ2n) is 7.95. The van der Waals surface area contributed by atoms with E-state index in [2.05, 4.69) is 15.2 Å². The maximum Gasteiger partial charge on any atom is 0.301 e. The maximum absolute atomic E-state index is 13.2. The van der Waals surface area contributed by atoms with Crippen LogP contribution in [-0.2, 0) is 15.3 Å². The number of anilines is 1. The van der Waals surface area contributed by atoms with Crippen LogP contribution in [0.3, 0.4) is 0 Å². The van der Waals surface area contributed by atoms with Gasteiger partial charge in [0.15, 0.2) is 4.34 Å². The molecular formula is C26H20N4O3S2. The second-order valence-corrected chi connectivity index (χ2v) is 10.1. The van der Waals surface area contributed by atoms with Gasteiger partial charge in [-0.25, -0.2) is 0 Å². The van der Waals surface area contributed by atoms with E-state index in [4.69, 9.17) is 0 Å². The number of hydrogen-bond donors (Lipinski definition) is 1. The van der Waals surface area contributed by atoms with Gasteiger partial charge in [-0.3, -0.25) is 19.5 Å². The van der Waals surface area contributed by atoms with Crippen LogP contribution in [0.4, 0.5) is 5.13 Å². The molecule has 1 amide bonds. The molecule has 3 heterocycles. The zero-order valence-corrected chi connectivity index (χ0v) is 20.3. The maximum atomic E-state index is 13.2.